The van der Waals surface area contributed by atoms with Gasteiger partial charge in [-0.1, -0.05) is 12.1 Å². The van der Waals surface area contributed by atoms with Gasteiger partial charge in [-0.15, -0.1) is 0 Å². The van der Waals surface area contributed by atoms with Crippen molar-refractivity contribution in [3.63, 3.8) is 0 Å². The van der Waals surface area contributed by atoms with Gasteiger partial charge >= 0.3 is 12.0 Å². The molecule has 0 aliphatic heterocycles. The maximum absolute atomic E-state index is 11.6. The Balaban J connectivity index is 2.56. The van der Waals surface area contributed by atoms with E-state index in [4.69, 9.17) is 9.84 Å². The molecule has 1 unspecified atom stereocenters. The zero-order chi connectivity index (χ0) is 14.4. The Morgan fingerprint density at radius 3 is 2.63 bits per heavy atom. The Hall–Kier alpha value is -2.08. The van der Waals surface area contributed by atoms with Crippen molar-refractivity contribution in [1.29, 1.82) is 0 Å². The quantitative estimate of drug-likeness (QED) is 0.754. The minimum Gasteiger partial charge on any atom is -0.479 e. The molecule has 1 aromatic carbocycles. The van der Waals surface area contributed by atoms with Crippen LogP contribution in [0.4, 0.5) is 10.5 Å². The van der Waals surface area contributed by atoms with Gasteiger partial charge in [0.05, 0.1) is 6.54 Å². The summed E-state index contributed by atoms with van der Waals surface area (Å²) in [5.41, 5.74) is 2.66. The number of urea groups is 1. The number of benzene rings is 1. The molecular formula is C13H18N2O4. The first-order valence-corrected chi connectivity index (χ1v) is 5.81. The van der Waals surface area contributed by atoms with Crippen LogP contribution in [-0.2, 0) is 9.53 Å². The molecule has 0 saturated carbocycles. The number of carboxylic acid groups (broad SMARTS) is 1. The molecule has 2 amide bonds. The Labute approximate surface area is 111 Å². The summed E-state index contributed by atoms with van der Waals surface area (Å²) in [5, 5.41) is 13.9. The van der Waals surface area contributed by atoms with Crippen molar-refractivity contribution in [2.45, 2.75) is 20.0 Å². The first-order chi connectivity index (χ1) is 8.93. The number of aryl methyl sites for hydroxylation is 2. The van der Waals surface area contributed by atoms with Crippen LogP contribution in [0, 0.1) is 13.8 Å². The summed E-state index contributed by atoms with van der Waals surface area (Å²) < 4.78 is 4.71. The summed E-state index contributed by atoms with van der Waals surface area (Å²) in [7, 11) is 1.28. The highest BCUT2D eigenvalue weighted by atomic mass is 16.5. The third-order valence-corrected chi connectivity index (χ3v) is 2.65. The summed E-state index contributed by atoms with van der Waals surface area (Å²) in [6.07, 6.45) is -1.05. The fraction of sp³-hybridized carbons (Fsp3) is 0.385. The smallest absolute Gasteiger partial charge is 0.334 e. The number of carboxylic acids is 1. The SMILES string of the molecule is COC(CNC(=O)Nc1cc(C)ccc1C)C(=O)O. The van der Waals surface area contributed by atoms with Crippen molar-refractivity contribution in [2.75, 3.05) is 19.0 Å². The monoisotopic (exact) mass is 266 g/mol. The van der Waals surface area contributed by atoms with E-state index in [1.807, 2.05) is 32.0 Å². The number of aliphatic carboxylic acids is 1. The van der Waals surface area contributed by atoms with Crippen LogP contribution in [0.3, 0.4) is 0 Å². The average molecular weight is 266 g/mol. The Kier molecular flexibility index (Phi) is 5.32. The maximum atomic E-state index is 11.6. The Bertz CT molecular complexity index is 474. The third kappa shape index (κ3) is 4.59. The number of amides is 2. The summed E-state index contributed by atoms with van der Waals surface area (Å²) in [6, 6.07) is 5.24. The van der Waals surface area contributed by atoms with Crippen molar-refractivity contribution in [2.24, 2.45) is 0 Å². The normalized spacial score (nSPS) is 11.7. The van der Waals surface area contributed by atoms with Gasteiger partial charge in [0.1, 0.15) is 0 Å². The van der Waals surface area contributed by atoms with Crippen LogP contribution in [0.2, 0.25) is 0 Å². The minimum atomic E-state index is -1.12. The molecule has 104 valence electrons. The molecule has 3 N–H and O–H groups in total. The van der Waals surface area contributed by atoms with Crippen molar-refractivity contribution in [3.05, 3.63) is 29.3 Å². The Morgan fingerprint density at radius 1 is 1.37 bits per heavy atom. The molecule has 19 heavy (non-hydrogen) atoms. The molecule has 0 heterocycles. The molecule has 0 aliphatic carbocycles. The summed E-state index contributed by atoms with van der Waals surface area (Å²) in [4.78, 5) is 22.4. The van der Waals surface area contributed by atoms with Crippen LogP contribution in [0.25, 0.3) is 0 Å². The highest BCUT2D eigenvalue weighted by Crippen LogP contribution is 2.15. The zero-order valence-electron chi connectivity index (χ0n) is 11.2. The number of carbonyl (C=O) groups is 2. The number of rotatable bonds is 5. The number of hydrogen-bond acceptors (Lipinski definition) is 3. The number of nitrogens with one attached hydrogen (secondary N) is 2. The van der Waals surface area contributed by atoms with E-state index in [1.165, 1.54) is 7.11 Å². The maximum Gasteiger partial charge on any atom is 0.334 e. The van der Waals surface area contributed by atoms with Crippen LogP contribution >= 0.6 is 0 Å². The minimum absolute atomic E-state index is 0.0947. The van der Waals surface area contributed by atoms with E-state index < -0.39 is 18.1 Å². The number of carbonyl (C=O) groups excluding carboxylic acids is 1. The Morgan fingerprint density at radius 2 is 2.05 bits per heavy atom. The zero-order valence-corrected chi connectivity index (χ0v) is 11.2. The van der Waals surface area contributed by atoms with E-state index in [9.17, 15) is 9.59 Å². The molecule has 1 aromatic rings. The van der Waals surface area contributed by atoms with Crippen LogP contribution < -0.4 is 10.6 Å². The fourth-order valence-corrected chi connectivity index (χ4v) is 1.49. The van der Waals surface area contributed by atoms with Gasteiger partial charge in [0.2, 0.25) is 0 Å². The van der Waals surface area contributed by atoms with Crippen molar-refractivity contribution < 1.29 is 19.4 Å². The van der Waals surface area contributed by atoms with Gasteiger partial charge in [0, 0.05) is 12.8 Å². The van der Waals surface area contributed by atoms with Crippen molar-refractivity contribution >= 4 is 17.7 Å². The van der Waals surface area contributed by atoms with Crippen molar-refractivity contribution in [1.82, 2.24) is 5.32 Å². The number of hydrogen-bond donors (Lipinski definition) is 3. The molecule has 0 fully saturated rings. The summed E-state index contributed by atoms with van der Waals surface area (Å²) in [5.74, 6) is -1.12. The molecule has 6 nitrogen and oxygen atoms in total. The standard InChI is InChI=1S/C13H18N2O4/c1-8-4-5-9(2)10(6-8)15-13(18)14-7-11(19-3)12(16)17/h4-6,11H,7H2,1-3H3,(H,16,17)(H2,14,15,18). The van der Waals surface area contributed by atoms with E-state index in [-0.39, 0.29) is 6.54 Å². The van der Waals surface area contributed by atoms with E-state index >= 15 is 0 Å². The lowest BCUT2D eigenvalue weighted by Gasteiger charge is -2.13. The molecule has 0 aromatic heterocycles. The first kappa shape index (κ1) is 15.0. The van der Waals surface area contributed by atoms with E-state index in [0.29, 0.717) is 5.69 Å². The first-order valence-electron chi connectivity index (χ1n) is 5.81. The largest absolute Gasteiger partial charge is 0.479 e. The van der Waals surface area contributed by atoms with E-state index in [2.05, 4.69) is 10.6 Å². The van der Waals surface area contributed by atoms with Gasteiger partial charge in [0.25, 0.3) is 0 Å². The lowest BCUT2D eigenvalue weighted by Crippen LogP contribution is -2.39. The second kappa shape index (κ2) is 6.75. The fourth-order valence-electron chi connectivity index (χ4n) is 1.49. The predicted molar refractivity (Wildman–Crippen MR) is 71.4 cm³/mol. The molecule has 0 radical (unpaired) electrons. The molecule has 1 atom stereocenters. The van der Waals surface area contributed by atoms with E-state index in [1.54, 1.807) is 0 Å². The topological polar surface area (TPSA) is 87.7 Å². The summed E-state index contributed by atoms with van der Waals surface area (Å²) >= 11 is 0. The number of methoxy groups -OCH3 is 1. The van der Waals surface area contributed by atoms with Crippen LogP contribution in [0.15, 0.2) is 18.2 Å². The van der Waals surface area contributed by atoms with Crippen molar-refractivity contribution in [3.8, 4) is 0 Å². The van der Waals surface area contributed by atoms with Gasteiger partial charge in [0.15, 0.2) is 6.10 Å². The highest BCUT2D eigenvalue weighted by molar-refractivity contribution is 5.90. The average Bonchev–Trinajstić information content (AvgIpc) is 2.34. The van der Waals surface area contributed by atoms with Gasteiger partial charge in [-0.2, -0.15) is 0 Å². The number of ether oxygens (including phenoxy) is 1. The van der Waals surface area contributed by atoms with Gasteiger partial charge < -0.3 is 20.5 Å². The lowest BCUT2D eigenvalue weighted by molar-refractivity contribution is -0.147. The van der Waals surface area contributed by atoms with Gasteiger partial charge in [-0.3, -0.25) is 0 Å². The third-order valence-electron chi connectivity index (χ3n) is 2.65. The molecule has 0 saturated heterocycles. The van der Waals surface area contributed by atoms with Crippen LogP contribution in [0.5, 0.6) is 0 Å². The van der Waals surface area contributed by atoms with E-state index in [0.717, 1.165) is 11.1 Å². The molecule has 0 bridgehead atoms. The lowest BCUT2D eigenvalue weighted by atomic mass is 10.1. The van der Waals surface area contributed by atoms with Crippen LogP contribution in [-0.4, -0.2) is 36.9 Å². The van der Waals surface area contributed by atoms with Gasteiger partial charge in [-0.25, -0.2) is 9.59 Å². The second-order valence-corrected chi connectivity index (χ2v) is 4.22. The molecule has 1 rings (SSSR count). The van der Waals surface area contributed by atoms with Crippen LogP contribution in [0.1, 0.15) is 11.1 Å². The molecule has 0 aliphatic rings. The highest BCUT2D eigenvalue weighted by Gasteiger charge is 2.17. The summed E-state index contributed by atoms with van der Waals surface area (Å²) in [6.45, 7) is 3.71. The molecule has 6 heteroatoms. The number of anilines is 1. The molecule has 0 spiro atoms. The second-order valence-electron chi connectivity index (χ2n) is 4.22. The molecular weight excluding hydrogens is 248 g/mol. The van der Waals surface area contributed by atoms with Gasteiger partial charge in [-0.05, 0) is 31.0 Å². The predicted octanol–water partition coefficient (Wildman–Crippen LogP) is 1.52.